The second kappa shape index (κ2) is 7.44. The lowest BCUT2D eigenvalue weighted by Gasteiger charge is -2.40. The fraction of sp³-hybridized carbons (Fsp3) is 0.882. The summed E-state index contributed by atoms with van der Waals surface area (Å²) in [7, 11) is 2.67. The molecule has 1 aliphatic carbocycles. The van der Waals surface area contributed by atoms with Gasteiger partial charge in [0.15, 0.2) is 5.41 Å². The average molecular weight is 312 g/mol. The molecule has 0 aromatic carbocycles. The Kier molecular flexibility index (Phi) is 5.84. The summed E-state index contributed by atoms with van der Waals surface area (Å²) in [6, 6.07) is 0. The number of carbonyl (C=O) groups is 2. The van der Waals surface area contributed by atoms with Gasteiger partial charge < -0.3 is 14.2 Å². The smallest absolute Gasteiger partial charge is 0.325 e. The molecule has 1 saturated carbocycles. The first kappa shape index (κ1) is 17.3. The third-order valence-electron chi connectivity index (χ3n) is 5.24. The lowest BCUT2D eigenvalue weighted by Crippen LogP contribution is -2.54. The Morgan fingerprint density at radius 3 is 2.14 bits per heavy atom. The summed E-state index contributed by atoms with van der Waals surface area (Å²) in [6.45, 7) is 2.63. The number of esters is 2. The van der Waals surface area contributed by atoms with Crippen LogP contribution >= 0.6 is 0 Å². The quantitative estimate of drug-likeness (QED) is 0.592. The van der Waals surface area contributed by atoms with Gasteiger partial charge in [0.25, 0.3) is 0 Å². The van der Waals surface area contributed by atoms with Gasteiger partial charge >= 0.3 is 11.9 Å². The number of hydrogen-bond acceptors (Lipinski definition) is 5. The van der Waals surface area contributed by atoms with E-state index >= 15 is 0 Å². The van der Waals surface area contributed by atoms with Gasteiger partial charge in [-0.15, -0.1) is 0 Å². The molecule has 0 amide bonds. The molecule has 2 fully saturated rings. The average Bonchev–Trinajstić information content (AvgIpc) is 2.73. The second-order valence-corrected chi connectivity index (χ2v) is 6.74. The van der Waals surface area contributed by atoms with Crippen molar-refractivity contribution in [1.29, 1.82) is 0 Å². The van der Waals surface area contributed by atoms with Gasteiger partial charge in [-0.1, -0.05) is 26.2 Å². The largest absolute Gasteiger partial charge is 0.468 e. The van der Waals surface area contributed by atoms with Crippen LogP contribution in [-0.4, -0.2) is 38.9 Å². The predicted octanol–water partition coefficient (Wildman–Crippen LogP) is 2.71. The monoisotopic (exact) mass is 312 g/mol. The summed E-state index contributed by atoms with van der Waals surface area (Å²) in [4.78, 5) is 25.3. The molecule has 1 heterocycles. The van der Waals surface area contributed by atoms with E-state index in [2.05, 4.69) is 0 Å². The van der Waals surface area contributed by atoms with Crippen LogP contribution in [0, 0.1) is 17.3 Å². The van der Waals surface area contributed by atoms with Crippen LogP contribution in [0.5, 0.6) is 0 Å². The lowest BCUT2D eigenvalue weighted by atomic mass is 9.68. The molecule has 0 radical (unpaired) electrons. The highest BCUT2D eigenvalue weighted by atomic mass is 16.6. The van der Waals surface area contributed by atoms with E-state index in [9.17, 15) is 9.59 Å². The minimum Gasteiger partial charge on any atom is -0.468 e. The van der Waals surface area contributed by atoms with Crippen LogP contribution in [0.2, 0.25) is 0 Å². The molecular formula is C17H28O5. The highest BCUT2D eigenvalue weighted by Crippen LogP contribution is 2.45. The zero-order chi connectivity index (χ0) is 16.2. The number of rotatable bonds is 3. The van der Waals surface area contributed by atoms with E-state index < -0.39 is 23.5 Å². The summed E-state index contributed by atoms with van der Waals surface area (Å²) in [5.74, 6) is -0.587. The molecule has 2 aliphatic rings. The molecule has 2 atom stereocenters. The van der Waals surface area contributed by atoms with Crippen molar-refractivity contribution in [3.63, 3.8) is 0 Å². The molecule has 2 rings (SSSR count). The maximum absolute atomic E-state index is 12.6. The Labute approximate surface area is 132 Å². The molecule has 22 heavy (non-hydrogen) atoms. The van der Waals surface area contributed by atoms with Crippen LogP contribution in [0.4, 0.5) is 0 Å². The van der Waals surface area contributed by atoms with E-state index in [1.54, 1.807) is 0 Å². The van der Waals surface area contributed by atoms with Crippen molar-refractivity contribution in [2.24, 2.45) is 17.3 Å². The van der Waals surface area contributed by atoms with Crippen LogP contribution in [0.25, 0.3) is 0 Å². The minimum atomic E-state index is -1.32. The zero-order valence-corrected chi connectivity index (χ0v) is 13.9. The highest BCUT2D eigenvalue weighted by molar-refractivity contribution is 6.01. The first-order valence-corrected chi connectivity index (χ1v) is 8.34. The minimum absolute atomic E-state index is 0.215. The standard InChI is InChI=1S/C17H28O5/c1-12-9-10-22-14(13-7-5-4-6-8-13)17(11-12,15(18)20-2)16(19)21-3/h12-14H,4-11H2,1-3H3. The van der Waals surface area contributed by atoms with E-state index in [0.29, 0.717) is 13.0 Å². The normalized spacial score (nSPS) is 29.4. The van der Waals surface area contributed by atoms with Gasteiger partial charge in [-0.3, -0.25) is 9.59 Å². The molecule has 5 heteroatoms. The molecule has 1 aliphatic heterocycles. The number of hydrogen-bond donors (Lipinski definition) is 0. The van der Waals surface area contributed by atoms with E-state index in [4.69, 9.17) is 14.2 Å². The first-order valence-electron chi connectivity index (χ1n) is 8.34. The third-order valence-corrected chi connectivity index (χ3v) is 5.24. The SMILES string of the molecule is COC(=O)C1(C(=O)OC)CC(C)CCOC1C1CCCCC1. The van der Waals surface area contributed by atoms with Crippen LogP contribution in [-0.2, 0) is 23.8 Å². The summed E-state index contributed by atoms with van der Waals surface area (Å²) < 4.78 is 16.1. The van der Waals surface area contributed by atoms with E-state index in [1.165, 1.54) is 20.6 Å². The fourth-order valence-electron chi connectivity index (χ4n) is 4.13. The van der Waals surface area contributed by atoms with Crippen LogP contribution in [0.3, 0.4) is 0 Å². The van der Waals surface area contributed by atoms with Crippen LogP contribution in [0.15, 0.2) is 0 Å². The van der Waals surface area contributed by atoms with Crippen molar-refractivity contribution in [2.45, 2.75) is 58.0 Å². The first-order chi connectivity index (χ1) is 10.6. The Bertz CT molecular complexity index is 384. The Hall–Kier alpha value is -1.10. The highest BCUT2D eigenvalue weighted by Gasteiger charge is 2.58. The summed E-state index contributed by atoms with van der Waals surface area (Å²) >= 11 is 0. The van der Waals surface area contributed by atoms with Gasteiger partial charge in [-0.2, -0.15) is 0 Å². The topological polar surface area (TPSA) is 61.8 Å². The van der Waals surface area contributed by atoms with Gasteiger partial charge in [0, 0.05) is 6.61 Å². The van der Waals surface area contributed by atoms with Crippen molar-refractivity contribution in [1.82, 2.24) is 0 Å². The molecule has 0 aromatic rings. The van der Waals surface area contributed by atoms with Crippen molar-refractivity contribution in [2.75, 3.05) is 20.8 Å². The maximum atomic E-state index is 12.6. The van der Waals surface area contributed by atoms with E-state index in [1.807, 2.05) is 6.92 Å². The Morgan fingerprint density at radius 2 is 1.59 bits per heavy atom. The maximum Gasteiger partial charge on any atom is 0.325 e. The molecule has 5 nitrogen and oxygen atoms in total. The van der Waals surface area contributed by atoms with Crippen molar-refractivity contribution in [3.8, 4) is 0 Å². The van der Waals surface area contributed by atoms with Gasteiger partial charge in [0.1, 0.15) is 0 Å². The van der Waals surface area contributed by atoms with E-state index in [0.717, 1.165) is 32.1 Å². The fourth-order valence-corrected chi connectivity index (χ4v) is 4.13. The third kappa shape index (κ3) is 3.14. The summed E-state index contributed by atoms with van der Waals surface area (Å²) in [5.41, 5.74) is -1.32. The molecule has 0 bridgehead atoms. The molecule has 2 unspecified atom stereocenters. The van der Waals surface area contributed by atoms with Gasteiger partial charge in [-0.05, 0) is 37.5 Å². The van der Waals surface area contributed by atoms with Crippen LogP contribution < -0.4 is 0 Å². The summed E-state index contributed by atoms with van der Waals surface area (Å²) in [6.07, 6.45) is 6.30. The predicted molar refractivity (Wildman–Crippen MR) is 81.2 cm³/mol. The Balaban J connectivity index is 2.42. The van der Waals surface area contributed by atoms with Gasteiger partial charge in [0.2, 0.25) is 0 Å². The van der Waals surface area contributed by atoms with Gasteiger partial charge in [-0.25, -0.2) is 0 Å². The zero-order valence-electron chi connectivity index (χ0n) is 13.9. The molecule has 0 spiro atoms. The Morgan fingerprint density at radius 1 is 1.00 bits per heavy atom. The number of ether oxygens (including phenoxy) is 3. The number of methoxy groups -OCH3 is 2. The molecule has 1 saturated heterocycles. The molecule has 0 N–H and O–H groups in total. The summed E-state index contributed by atoms with van der Waals surface area (Å²) in [5, 5.41) is 0. The number of carbonyl (C=O) groups excluding carboxylic acids is 2. The van der Waals surface area contributed by atoms with Crippen LogP contribution in [0.1, 0.15) is 51.9 Å². The molecular weight excluding hydrogens is 284 g/mol. The molecule has 0 aromatic heterocycles. The molecule has 126 valence electrons. The van der Waals surface area contributed by atoms with E-state index in [-0.39, 0.29) is 11.8 Å². The van der Waals surface area contributed by atoms with Crippen molar-refractivity contribution < 1.29 is 23.8 Å². The van der Waals surface area contributed by atoms with Crippen molar-refractivity contribution >= 4 is 11.9 Å². The van der Waals surface area contributed by atoms with Gasteiger partial charge in [0.05, 0.1) is 20.3 Å². The lowest BCUT2D eigenvalue weighted by molar-refractivity contribution is -0.186. The second-order valence-electron chi connectivity index (χ2n) is 6.74. The van der Waals surface area contributed by atoms with Crippen molar-refractivity contribution in [3.05, 3.63) is 0 Å².